The highest BCUT2D eigenvalue weighted by molar-refractivity contribution is 5.95. The van der Waals surface area contributed by atoms with Crippen LogP contribution in [0.25, 0.3) is 0 Å². The second kappa shape index (κ2) is 7.17. The van der Waals surface area contributed by atoms with Gasteiger partial charge in [0.2, 0.25) is 0 Å². The van der Waals surface area contributed by atoms with Gasteiger partial charge in [0.15, 0.2) is 0 Å². The second-order valence-corrected chi connectivity index (χ2v) is 4.93. The van der Waals surface area contributed by atoms with E-state index in [-0.39, 0.29) is 18.7 Å². The van der Waals surface area contributed by atoms with Gasteiger partial charge in [0, 0.05) is 7.05 Å². The van der Waals surface area contributed by atoms with E-state index in [1.54, 1.807) is 12.1 Å². The number of likely N-dealkylation sites (N-methyl/N-ethyl adjacent to an activating group) is 1. The summed E-state index contributed by atoms with van der Waals surface area (Å²) in [5, 5.41) is 0. The topological polar surface area (TPSA) is 29.5 Å². The van der Waals surface area contributed by atoms with Crippen LogP contribution in [0.5, 0.6) is 5.75 Å². The number of hydrogen-bond acceptors (Lipinski definition) is 2. The van der Waals surface area contributed by atoms with Gasteiger partial charge in [0.05, 0.1) is 17.7 Å². The molecule has 2 aromatic carbocycles. The molecule has 0 saturated carbocycles. The van der Waals surface area contributed by atoms with E-state index in [0.717, 1.165) is 6.07 Å². The summed E-state index contributed by atoms with van der Waals surface area (Å²) in [6.07, 6.45) is -4.56. The fraction of sp³-hybridized carbons (Fsp3) is 0.235. The molecule has 0 N–H and O–H groups in total. The molecule has 0 bridgehead atoms. The molecule has 2 aromatic rings. The van der Waals surface area contributed by atoms with Crippen molar-refractivity contribution in [2.24, 2.45) is 0 Å². The van der Waals surface area contributed by atoms with Crippen LogP contribution in [0.15, 0.2) is 54.6 Å². The van der Waals surface area contributed by atoms with Crippen molar-refractivity contribution in [3.63, 3.8) is 0 Å². The maximum atomic E-state index is 13.0. The third-order valence-electron chi connectivity index (χ3n) is 3.25. The van der Waals surface area contributed by atoms with Crippen molar-refractivity contribution in [2.75, 3.05) is 20.2 Å². The Hall–Kier alpha value is -2.50. The molecular formula is C17H16F3NO2. The van der Waals surface area contributed by atoms with E-state index in [2.05, 4.69) is 0 Å². The summed E-state index contributed by atoms with van der Waals surface area (Å²) in [6, 6.07) is 13.8. The molecule has 0 heterocycles. The van der Waals surface area contributed by atoms with Crippen molar-refractivity contribution in [2.45, 2.75) is 6.18 Å². The first kappa shape index (κ1) is 16.9. The van der Waals surface area contributed by atoms with Crippen LogP contribution in [0.1, 0.15) is 15.9 Å². The predicted octanol–water partition coefficient (Wildman–Crippen LogP) is 3.86. The van der Waals surface area contributed by atoms with Crippen molar-refractivity contribution in [1.82, 2.24) is 4.90 Å². The monoisotopic (exact) mass is 323 g/mol. The molecule has 0 saturated heterocycles. The summed E-state index contributed by atoms with van der Waals surface area (Å²) < 4.78 is 44.3. The third kappa shape index (κ3) is 4.48. The summed E-state index contributed by atoms with van der Waals surface area (Å²) in [5.41, 5.74) is -1.29. The standard InChI is InChI=1S/C17H16F3NO2/c1-21(11-12-23-13-7-3-2-4-8-13)16(22)14-9-5-6-10-15(14)17(18,19)20/h2-10H,11-12H2,1H3. The average Bonchev–Trinajstić information content (AvgIpc) is 2.54. The Morgan fingerprint density at radius 1 is 1.04 bits per heavy atom. The highest BCUT2D eigenvalue weighted by Gasteiger charge is 2.35. The van der Waals surface area contributed by atoms with E-state index in [0.29, 0.717) is 5.75 Å². The Kier molecular flexibility index (Phi) is 5.26. The minimum absolute atomic E-state index is 0.180. The number of alkyl halides is 3. The van der Waals surface area contributed by atoms with Gasteiger partial charge in [-0.3, -0.25) is 4.79 Å². The normalized spacial score (nSPS) is 11.1. The van der Waals surface area contributed by atoms with Crippen LogP contribution in [0, 0.1) is 0 Å². The Balaban J connectivity index is 2.00. The van der Waals surface area contributed by atoms with Crippen molar-refractivity contribution in [1.29, 1.82) is 0 Å². The molecule has 23 heavy (non-hydrogen) atoms. The largest absolute Gasteiger partial charge is 0.492 e. The van der Waals surface area contributed by atoms with Crippen LogP contribution in [0.2, 0.25) is 0 Å². The van der Waals surface area contributed by atoms with Crippen molar-refractivity contribution < 1.29 is 22.7 Å². The summed E-state index contributed by atoms with van der Waals surface area (Å²) >= 11 is 0. The van der Waals surface area contributed by atoms with Gasteiger partial charge in [-0.05, 0) is 24.3 Å². The summed E-state index contributed by atoms with van der Waals surface area (Å²) in [4.78, 5) is 13.4. The van der Waals surface area contributed by atoms with E-state index < -0.39 is 17.6 Å². The molecule has 0 unspecified atom stereocenters. The molecule has 0 radical (unpaired) electrons. The number of amides is 1. The van der Waals surface area contributed by atoms with E-state index in [4.69, 9.17) is 4.74 Å². The predicted molar refractivity (Wildman–Crippen MR) is 80.3 cm³/mol. The zero-order valence-electron chi connectivity index (χ0n) is 12.5. The number of benzene rings is 2. The molecule has 6 heteroatoms. The van der Waals surface area contributed by atoms with Gasteiger partial charge in [-0.15, -0.1) is 0 Å². The molecule has 0 aliphatic heterocycles. The lowest BCUT2D eigenvalue weighted by atomic mass is 10.1. The van der Waals surface area contributed by atoms with Gasteiger partial charge in [-0.2, -0.15) is 13.2 Å². The van der Waals surface area contributed by atoms with Gasteiger partial charge in [0.25, 0.3) is 5.91 Å². The van der Waals surface area contributed by atoms with Gasteiger partial charge in [-0.1, -0.05) is 30.3 Å². The van der Waals surface area contributed by atoms with Crippen LogP contribution in [0.3, 0.4) is 0 Å². The first-order valence-electron chi connectivity index (χ1n) is 6.99. The molecule has 0 atom stereocenters. The number of carbonyl (C=O) groups excluding carboxylic acids is 1. The quantitative estimate of drug-likeness (QED) is 0.836. The average molecular weight is 323 g/mol. The minimum atomic E-state index is -4.56. The molecule has 0 aliphatic rings. The molecule has 2 rings (SSSR count). The molecule has 3 nitrogen and oxygen atoms in total. The Morgan fingerprint density at radius 3 is 2.30 bits per heavy atom. The van der Waals surface area contributed by atoms with Gasteiger partial charge >= 0.3 is 6.18 Å². The van der Waals surface area contributed by atoms with Crippen LogP contribution >= 0.6 is 0 Å². The highest BCUT2D eigenvalue weighted by atomic mass is 19.4. The summed E-state index contributed by atoms with van der Waals surface area (Å²) in [5.74, 6) is -0.0429. The molecule has 0 aliphatic carbocycles. The molecule has 0 aromatic heterocycles. The number of halogens is 3. The maximum Gasteiger partial charge on any atom is 0.417 e. The van der Waals surface area contributed by atoms with Crippen molar-refractivity contribution in [3.05, 3.63) is 65.7 Å². The molecular weight excluding hydrogens is 307 g/mol. The second-order valence-electron chi connectivity index (χ2n) is 4.93. The third-order valence-corrected chi connectivity index (χ3v) is 3.25. The first-order chi connectivity index (χ1) is 10.9. The van der Waals surface area contributed by atoms with Crippen LogP contribution in [-0.2, 0) is 6.18 Å². The maximum absolute atomic E-state index is 13.0. The van der Waals surface area contributed by atoms with Crippen LogP contribution in [-0.4, -0.2) is 31.0 Å². The zero-order valence-corrected chi connectivity index (χ0v) is 12.5. The van der Waals surface area contributed by atoms with Crippen LogP contribution < -0.4 is 4.74 Å². The van der Waals surface area contributed by atoms with Crippen molar-refractivity contribution >= 4 is 5.91 Å². The molecule has 0 fully saturated rings. The van der Waals surface area contributed by atoms with E-state index in [1.165, 1.54) is 30.1 Å². The Labute approximate surface area is 132 Å². The number of nitrogens with zero attached hydrogens (tertiary/aromatic N) is 1. The number of carbonyl (C=O) groups is 1. The Bertz CT molecular complexity index is 656. The number of hydrogen-bond donors (Lipinski definition) is 0. The lowest BCUT2D eigenvalue weighted by Gasteiger charge is -2.20. The minimum Gasteiger partial charge on any atom is -0.492 e. The fourth-order valence-electron chi connectivity index (χ4n) is 2.04. The number of rotatable bonds is 5. The van der Waals surface area contributed by atoms with Crippen molar-refractivity contribution in [3.8, 4) is 5.75 Å². The van der Waals surface area contributed by atoms with Crippen LogP contribution in [0.4, 0.5) is 13.2 Å². The molecule has 1 amide bonds. The zero-order chi connectivity index (χ0) is 16.9. The fourth-order valence-corrected chi connectivity index (χ4v) is 2.04. The van der Waals surface area contributed by atoms with E-state index in [9.17, 15) is 18.0 Å². The highest BCUT2D eigenvalue weighted by Crippen LogP contribution is 2.32. The Morgan fingerprint density at radius 2 is 1.65 bits per heavy atom. The van der Waals surface area contributed by atoms with Gasteiger partial charge < -0.3 is 9.64 Å². The number of para-hydroxylation sites is 1. The number of ether oxygens (including phenoxy) is 1. The SMILES string of the molecule is CN(CCOc1ccccc1)C(=O)c1ccccc1C(F)(F)F. The lowest BCUT2D eigenvalue weighted by Crippen LogP contribution is -2.32. The smallest absolute Gasteiger partial charge is 0.417 e. The summed E-state index contributed by atoms with van der Waals surface area (Å²) in [7, 11) is 1.45. The molecule has 0 spiro atoms. The molecule has 122 valence electrons. The van der Waals surface area contributed by atoms with E-state index in [1.807, 2.05) is 18.2 Å². The first-order valence-corrected chi connectivity index (χ1v) is 6.99. The van der Waals surface area contributed by atoms with Gasteiger partial charge in [-0.25, -0.2) is 0 Å². The lowest BCUT2D eigenvalue weighted by molar-refractivity contribution is -0.138. The van der Waals surface area contributed by atoms with E-state index >= 15 is 0 Å². The summed E-state index contributed by atoms with van der Waals surface area (Å²) in [6.45, 7) is 0.375. The van der Waals surface area contributed by atoms with Gasteiger partial charge in [0.1, 0.15) is 12.4 Å².